The van der Waals surface area contributed by atoms with Crippen LogP contribution in [0.4, 0.5) is 0 Å². The van der Waals surface area contributed by atoms with Crippen LogP contribution in [0.25, 0.3) is 0 Å². The van der Waals surface area contributed by atoms with Gasteiger partial charge in [0.2, 0.25) is 10.0 Å². The molecule has 0 spiro atoms. The molecule has 144 valence electrons. The summed E-state index contributed by atoms with van der Waals surface area (Å²) in [7, 11) is -2.37. The van der Waals surface area contributed by atoms with Gasteiger partial charge in [-0.3, -0.25) is 0 Å². The molecule has 1 atom stereocenters. The summed E-state index contributed by atoms with van der Waals surface area (Å²) >= 11 is 0. The smallest absolute Gasteiger partial charge is 0.343 e. The average molecular weight is 389 g/mol. The molecule has 0 aliphatic carbocycles. The SMILES string of the molecule is COc1ccc(C(=O)Oc2ccccc2)cc1S(=O)(=O)N1CCCC[C@@H]1C. The Hall–Kier alpha value is -2.38. The van der Waals surface area contributed by atoms with Gasteiger partial charge < -0.3 is 9.47 Å². The highest BCUT2D eigenvalue weighted by Crippen LogP contribution is 2.32. The number of ether oxygens (including phenoxy) is 2. The molecule has 1 heterocycles. The predicted octanol–water partition coefficient (Wildman–Crippen LogP) is 3.48. The summed E-state index contributed by atoms with van der Waals surface area (Å²) in [5, 5.41) is 0. The topological polar surface area (TPSA) is 72.9 Å². The minimum Gasteiger partial charge on any atom is -0.495 e. The second kappa shape index (κ2) is 8.10. The highest BCUT2D eigenvalue weighted by atomic mass is 32.2. The van der Waals surface area contributed by atoms with Crippen LogP contribution in [-0.2, 0) is 10.0 Å². The third kappa shape index (κ3) is 4.14. The Balaban J connectivity index is 1.95. The van der Waals surface area contributed by atoms with E-state index in [0.29, 0.717) is 12.3 Å². The van der Waals surface area contributed by atoms with Gasteiger partial charge in [0.05, 0.1) is 12.7 Å². The fourth-order valence-corrected chi connectivity index (χ4v) is 5.10. The molecule has 1 fully saturated rings. The van der Waals surface area contributed by atoms with E-state index in [-0.39, 0.29) is 22.3 Å². The Kier molecular flexibility index (Phi) is 5.82. The van der Waals surface area contributed by atoms with E-state index in [4.69, 9.17) is 9.47 Å². The van der Waals surface area contributed by atoms with Crippen molar-refractivity contribution in [2.75, 3.05) is 13.7 Å². The first-order valence-corrected chi connectivity index (χ1v) is 10.3. The number of nitrogens with zero attached hydrogens (tertiary/aromatic N) is 1. The van der Waals surface area contributed by atoms with Crippen molar-refractivity contribution in [3.63, 3.8) is 0 Å². The van der Waals surface area contributed by atoms with Gasteiger partial charge >= 0.3 is 5.97 Å². The second-order valence-corrected chi connectivity index (χ2v) is 8.39. The molecule has 0 amide bonds. The van der Waals surface area contributed by atoms with Gasteiger partial charge in [-0.1, -0.05) is 24.6 Å². The van der Waals surface area contributed by atoms with E-state index in [0.717, 1.165) is 19.3 Å². The quantitative estimate of drug-likeness (QED) is 0.578. The lowest BCUT2D eigenvalue weighted by molar-refractivity contribution is 0.0734. The lowest BCUT2D eigenvalue weighted by Crippen LogP contribution is -2.42. The number of hydrogen-bond acceptors (Lipinski definition) is 5. The van der Waals surface area contributed by atoms with Crippen molar-refractivity contribution in [2.24, 2.45) is 0 Å². The van der Waals surface area contributed by atoms with Crippen LogP contribution < -0.4 is 9.47 Å². The van der Waals surface area contributed by atoms with E-state index >= 15 is 0 Å². The van der Waals surface area contributed by atoms with Crippen molar-refractivity contribution in [3.05, 3.63) is 54.1 Å². The van der Waals surface area contributed by atoms with Crippen LogP contribution in [0.5, 0.6) is 11.5 Å². The van der Waals surface area contributed by atoms with Gasteiger partial charge in [-0.25, -0.2) is 13.2 Å². The Morgan fingerprint density at radius 2 is 1.85 bits per heavy atom. The van der Waals surface area contributed by atoms with Crippen molar-refractivity contribution >= 4 is 16.0 Å². The number of carbonyl (C=O) groups excluding carboxylic acids is 1. The minimum absolute atomic E-state index is 0.0127. The monoisotopic (exact) mass is 389 g/mol. The Morgan fingerprint density at radius 3 is 2.52 bits per heavy atom. The maximum absolute atomic E-state index is 13.2. The van der Waals surface area contributed by atoms with E-state index in [9.17, 15) is 13.2 Å². The first kappa shape index (κ1) is 19.4. The van der Waals surface area contributed by atoms with Crippen molar-refractivity contribution in [1.29, 1.82) is 0 Å². The van der Waals surface area contributed by atoms with Crippen molar-refractivity contribution in [2.45, 2.75) is 37.1 Å². The number of rotatable bonds is 5. The van der Waals surface area contributed by atoms with Crippen molar-refractivity contribution < 1.29 is 22.7 Å². The highest BCUT2D eigenvalue weighted by Gasteiger charge is 2.33. The van der Waals surface area contributed by atoms with Crippen LogP contribution in [0.3, 0.4) is 0 Å². The zero-order valence-electron chi connectivity index (χ0n) is 15.4. The zero-order valence-corrected chi connectivity index (χ0v) is 16.2. The number of para-hydroxylation sites is 1. The van der Waals surface area contributed by atoms with E-state index in [1.54, 1.807) is 24.3 Å². The third-order valence-corrected chi connectivity index (χ3v) is 6.72. The van der Waals surface area contributed by atoms with Gasteiger partial charge in [-0.2, -0.15) is 4.31 Å². The van der Waals surface area contributed by atoms with Crippen LogP contribution in [0, 0.1) is 0 Å². The fraction of sp³-hybridized carbons (Fsp3) is 0.350. The summed E-state index contributed by atoms with van der Waals surface area (Å²) < 4.78 is 38.5. The number of carbonyl (C=O) groups is 1. The molecule has 2 aromatic carbocycles. The Bertz CT molecular complexity index is 911. The Labute approximate surface area is 159 Å². The first-order valence-electron chi connectivity index (χ1n) is 8.90. The first-order chi connectivity index (χ1) is 12.9. The lowest BCUT2D eigenvalue weighted by Gasteiger charge is -2.32. The largest absolute Gasteiger partial charge is 0.495 e. The van der Waals surface area contributed by atoms with Crippen LogP contribution in [0.2, 0.25) is 0 Å². The van der Waals surface area contributed by atoms with Gasteiger partial charge in [0.25, 0.3) is 0 Å². The standard InChI is InChI=1S/C20H23NO5S/c1-15-8-6-7-13-21(15)27(23,24)19-14-16(11-12-18(19)25-2)20(22)26-17-9-4-3-5-10-17/h3-5,9-12,14-15H,6-8,13H2,1-2H3/t15-/m0/s1. The van der Waals surface area contributed by atoms with E-state index in [1.807, 2.05) is 13.0 Å². The molecule has 1 aliphatic heterocycles. The lowest BCUT2D eigenvalue weighted by atomic mass is 10.1. The summed E-state index contributed by atoms with van der Waals surface area (Å²) in [4.78, 5) is 12.4. The van der Waals surface area contributed by atoms with Crippen molar-refractivity contribution in [3.8, 4) is 11.5 Å². The van der Waals surface area contributed by atoms with Gasteiger partial charge in [0.15, 0.2) is 0 Å². The third-order valence-electron chi connectivity index (χ3n) is 4.68. The van der Waals surface area contributed by atoms with Crippen LogP contribution in [0.1, 0.15) is 36.5 Å². The molecule has 0 unspecified atom stereocenters. The maximum atomic E-state index is 13.2. The van der Waals surface area contributed by atoms with Crippen LogP contribution in [0.15, 0.2) is 53.4 Å². The van der Waals surface area contributed by atoms with E-state index in [1.165, 1.54) is 29.6 Å². The molecule has 0 aromatic heterocycles. The molecule has 0 N–H and O–H groups in total. The summed E-state index contributed by atoms with van der Waals surface area (Å²) in [5.41, 5.74) is 0.155. The normalized spacial score (nSPS) is 18.1. The molecule has 0 saturated carbocycles. The fourth-order valence-electron chi connectivity index (χ4n) is 3.21. The number of sulfonamides is 1. The van der Waals surface area contributed by atoms with Gasteiger partial charge in [-0.05, 0) is 50.1 Å². The molecular weight excluding hydrogens is 366 g/mol. The number of esters is 1. The van der Waals surface area contributed by atoms with Crippen LogP contribution >= 0.6 is 0 Å². The molecule has 2 aromatic rings. The number of benzene rings is 2. The molecule has 0 radical (unpaired) electrons. The average Bonchev–Trinajstić information content (AvgIpc) is 2.68. The molecule has 7 heteroatoms. The summed E-state index contributed by atoms with van der Waals surface area (Å²) in [5.74, 6) is -0.0107. The summed E-state index contributed by atoms with van der Waals surface area (Å²) in [6.45, 7) is 2.36. The zero-order chi connectivity index (χ0) is 19.4. The molecule has 27 heavy (non-hydrogen) atoms. The number of methoxy groups -OCH3 is 1. The van der Waals surface area contributed by atoms with Crippen molar-refractivity contribution in [1.82, 2.24) is 4.31 Å². The number of hydrogen-bond donors (Lipinski definition) is 0. The summed E-state index contributed by atoms with van der Waals surface area (Å²) in [6.07, 6.45) is 2.65. The molecule has 1 saturated heterocycles. The summed E-state index contributed by atoms with van der Waals surface area (Å²) in [6, 6.07) is 12.9. The van der Waals surface area contributed by atoms with Gasteiger partial charge in [-0.15, -0.1) is 0 Å². The van der Waals surface area contributed by atoms with Crippen LogP contribution in [-0.4, -0.2) is 38.4 Å². The molecule has 0 bridgehead atoms. The minimum atomic E-state index is -3.78. The molecule has 3 rings (SSSR count). The van der Waals surface area contributed by atoms with E-state index < -0.39 is 16.0 Å². The maximum Gasteiger partial charge on any atom is 0.343 e. The molecule has 6 nitrogen and oxygen atoms in total. The van der Waals surface area contributed by atoms with Gasteiger partial charge in [0.1, 0.15) is 16.4 Å². The number of piperidine rings is 1. The van der Waals surface area contributed by atoms with Gasteiger partial charge in [0, 0.05) is 12.6 Å². The second-order valence-electron chi connectivity index (χ2n) is 6.53. The van der Waals surface area contributed by atoms with E-state index in [2.05, 4.69) is 0 Å². The Morgan fingerprint density at radius 1 is 1.11 bits per heavy atom. The molecular formula is C20H23NO5S. The highest BCUT2D eigenvalue weighted by molar-refractivity contribution is 7.89. The molecule has 1 aliphatic rings. The predicted molar refractivity (Wildman–Crippen MR) is 102 cm³/mol.